The molecular formula is C19H11FN4. The molecule has 0 N–H and O–H groups in total. The second kappa shape index (κ2) is 5.94. The highest BCUT2D eigenvalue weighted by molar-refractivity contribution is 5.80. The predicted octanol–water partition coefficient (Wildman–Crippen LogP) is 3.35. The van der Waals surface area contributed by atoms with Crippen LogP contribution in [0.5, 0.6) is 0 Å². The molecule has 0 bridgehead atoms. The maximum atomic E-state index is 12.8. The fraction of sp³-hybridized carbons (Fsp3) is 0. The lowest BCUT2D eigenvalue weighted by molar-refractivity contribution is 0.583. The molecule has 24 heavy (non-hydrogen) atoms. The zero-order valence-corrected chi connectivity index (χ0v) is 12.5. The van der Waals surface area contributed by atoms with Gasteiger partial charge in [-0.3, -0.25) is 9.55 Å². The van der Waals surface area contributed by atoms with Crippen LogP contribution in [-0.2, 0) is 0 Å². The number of halogens is 1. The highest BCUT2D eigenvalue weighted by Gasteiger charge is 2.03. The number of pyridine rings is 3. The van der Waals surface area contributed by atoms with E-state index in [1.165, 1.54) is 12.3 Å². The molecule has 4 rings (SSSR count). The normalized spacial score (nSPS) is 10.4. The van der Waals surface area contributed by atoms with Gasteiger partial charge in [0.05, 0.1) is 11.7 Å². The zero-order chi connectivity index (χ0) is 16.4. The monoisotopic (exact) mass is 314 g/mol. The van der Waals surface area contributed by atoms with Crippen LogP contribution in [0.4, 0.5) is 4.39 Å². The summed E-state index contributed by atoms with van der Waals surface area (Å²) in [7, 11) is 0. The summed E-state index contributed by atoms with van der Waals surface area (Å²) in [6, 6.07) is 10.7. The van der Waals surface area contributed by atoms with E-state index in [1.54, 1.807) is 18.5 Å². The van der Waals surface area contributed by atoms with Gasteiger partial charge in [-0.05, 0) is 36.4 Å². The lowest BCUT2D eigenvalue weighted by Crippen LogP contribution is -1.95. The standard InChI is InChI=1S/C19H11FN4/c20-18-5-3-14(11-22-18)1-2-15-4-6-19(23-12-15)24-10-8-16-7-9-21-13-17(16)24/h3-13H. The van der Waals surface area contributed by atoms with Crippen molar-refractivity contribution in [1.29, 1.82) is 0 Å². The lowest BCUT2D eigenvalue weighted by atomic mass is 10.2. The van der Waals surface area contributed by atoms with Crippen molar-refractivity contribution in [2.75, 3.05) is 0 Å². The van der Waals surface area contributed by atoms with Gasteiger partial charge in [0.25, 0.3) is 0 Å². The Kier molecular flexibility index (Phi) is 3.49. The Hall–Kier alpha value is -3.52. The molecular weight excluding hydrogens is 303 g/mol. The quantitative estimate of drug-likeness (QED) is 0.400. The molecule has 0 radical (unpaired) electrons. The first kappa shape index (κ1) is 14.1. The Morgan fingerprint density at radius 3 is 2.33 bits per heavy atom. The van der Waals surface area contributed by atoms with E-state index in [9.17, 15) is 4.39 Å². The Morgan fingerprint density at radius 1 is 0.833 bits per heavy atom. The van der Waals surface area contributed by atoms with E-state index in [0.717, 1.165) is 22.3 Å². The van der Waals surface area contributed by atoms with Gasteiger partial charge in [-0.15, -0.1) is 0 Å². The van der Waals surface area contributed by atoms with Crippen LogP contribution in [0.25, 0.3) is 16.7 Å². The molecule has 0 amide bonds. The first-order valence-corrected chi connectivity index (χ1v) is 7.31. The molecule has 0 aromatic carbocycles. The second-order valence-electron chi connectivity index (χ2n) is 5.14. The third-order valence-corrected chi connectivity index (χ3v) is 3.57. The Labute approximate surface area is 137 Å². The van der Waals surface area contributed by atoms with Crippen LogP contribution >= 0.6 is 0 Å². The van der Waals surface area contributed by atoms with Crippen molar-refractivity contribution in [2.24, 2.45) is 0 Å². The number of hydrogen-bond donors (Lipinski definition) is 0. The van der Waals surface area contributed by atoms with Gasteiger partial charge < -0.3 is 0 Å². The van der Waals surface area contributed by atoms with Gasteiger partial charge in [0.1, 0.15) is 5.82 Å². The average Bonchev–Trinajstić information content (AvgIpc) is 3.06. The van der Waals surface area contributed by atoms with E-state index >= 15 is 0 Å². The SMILES string of the molecule is Fc1ccc(C#Cc2ccc(-n3ccc4ccncc43)nc2)cn1. The summed E-state index contributed by atoms with van der Waals surface area (Å²) >= 11 is 0. The Bertz CT molecular complexity index is 1050. The van der Waals surface area contributed by atoms with Gasteiger partial charge in [-0.2, -0.15) is 4.39 Å². The molecule has 0 fully saturated rings. The lowest BCUT2D eigenvalue weighted by Gasteiger charge is -2.03. The molecule has 5 heteroatoms. The summed E-state index contributed by atoms with van der Waals surface area (Å²) in [5.74, 6) is 6.21. The van der Waals surface area contributed by atoms with Gasteiger partial charge in [0, 0.05) is 41.3 Å². The topological polar surface area (TPSA) is 43.6 Å². The number of fused-ring (bicyclic) bond motifs is 1. The van der Waals surface area contributed by atoms with Crippen molar-refractivity contribution >= 4 is 10.9 Å². The van der Waals surface area contributed by atoms with Crippen LogP contribution in [0.15, 0.2) is 67.4 Å². The maximum Gasteiger partial charge on any atom is 0.212 e. The fourth-order valence-electron chi connectivity index (χ4n) is 2.37. The molecule has 0 aliphatic rings. The minimum atomic E-state index is -0.514. The van der Waals surface area contributed by atoms with Crippen LogP contribution in [0, 0.1) is 17.8 Å². The highest BCUT2D eigenvalue weighted by Crippen LogP contribution is 2.17. The van der Waals surface area contributed by atoms with Crippen LogP contribution < -0.4 is 0 Å². The summed E-state index contributed by atoms with van der Waals surface area (Å²) < 4.78 is 14.7. The van der Waals surface area contributed by atoms with E-state index in [2.05, 4.69) is 26.8 Å². The van der Waals surface area contributed by atoms with Crippen molar-refractivity contribution in [3.63, 3.8) is 0 Å². The maximum absolute atomic E-state index is 12.8. The molecule has 0 unspecified atom stereocenters. The predicted molar refractivity (Wildman–Crippen MR) is 89.0 cm³/mol. The third kappa shape index (κ3) is 2.73. The van der Waals surface area contributed by atoms with Crippen molar-refractivity contribution in [3.05, 3.63) is 84.5 Å². The largest absolute Gasteiger partial charge is 0.300 e. The summed E-state index contributed by atoms with van der Waals surface area (Å²) in [5.41, 5.74) is 2.43. The summed E-state index contributed by atoms with van der Waals surface area (Å²) in [5, 5.41) is 1.11. The molecule has 4 aromatic heterocycles. The van der Waals surface area contributed by atoms with E-state index < -0.39 is 5.95 Å². The zero-order valence-electron chi connectivity index (χ0n) is 12.5. The molecule has 4 nitrogen and oxygen atoms in total. The van der Waals surface area contributed by atoms with Crippen LogP contribution in [0.2, 0.25) is 0 Å². The van der Waals surface area contributed by atoms with Crippen molar-refractivity contribution in [1.82, 2.24) is 19.5 Å². The van der Waals surface area contributed by atoms with Crippen LogP contribution in [0.1, 0.15) is 11.1 Å². The van der Waals surface area contributed by atoms with E-state index in [0.29, 0.717) is 5.56 Å². The Morgan fingerprint density at radius 2 is 1.62 bits per heavy atom. The molecule has 0 spiro atoms. The number of hydrogen-bond acceptors (Lipinski definition) is 3. The van der Waals surface area contributed by atoms with E-state index in [1.807, 2.05) is 41.2 Å². The van der Waals surface area contributed by atoms with Gasteiger partial charge in [-0.1, -0.05) is 11.8 Å². The second-order valence-corrected chi connectivity index (χ2v) is 5.14. The van der Waals surface area contributed by atoms with Crippen molar-refractivity contribution < 1.29 is 4.39 Å². The first-order valence-electron chi connectivity index (χ1n) is 7.31. The molecule has 0 aliphatic heterocycles. The van der Waals surface area contributed by atoms with E-state index in [4.69, 9.17) is 0 Å². The molecule has 114 valence electrons. The minimum absolute atomic E-state index is 0.514. The molecule has 0 aliphatic carbocycles. The van der Waals surface area contributed by atoms with E-state index in [-0.39, 0.29) is 0 Å². The molecule has 4 heterocycles. The van der Waals surface area contributed by atoms with Crippen LogP contribution in [0.3, 0.4) is 0 Å². The molecule has 0 saturated carbocycles. The Balaban J connectivity index is 1.62. The van der Waals surface area contributed by atoms with Crippen molar-refractivity contribution in [2.45, 2.75) is 0 Å². The van der Waals surface area contributed by atoms with Gasteiger partial charge >= 0.3 is 0 Å². The van der Waals surface area contributed by atoms with Gasteiger partial charge in [0.2, 0.25) is 5.95 Å². The van der Waals surface area contributed by atoms with Crippen molar-refractivity contribution in [3.8, 4) is 17.7 Å². The molecule has 4 aromatic rings. The summed E-state index contributed by atoms with van der Waals surface area (Å²) in [4.78, 5) is 12.2. The molecule has 0 atom stereocenters. The van der Waals surface area contributed by atoms with Gasteiger partial charge in [0.15, 0.2) is 0 Å². The highest BCUT2D eigenvalue weighted by atomic mass is 19.1. The fourth-order valence-corrected chi connectivity index (χ4v) is 2.37. The first-order chi connectivity index (χ1) is 11.8. The van der Waals surface area contributed by atoms with Gasteiger partial charge in [-0.25, -0.2) is 9.97 Å². The minimum Gasteiger partial charge on any atom is -0.300 e. The summed E-state index contributed by atoms with van der Waals surface area (Å²) in [6.45, 7) is 0. The number of aromatic nitrogens is 4. The average molecular weight is 314 g/mol. The van der Waals surface area contributed by atoms with Crippen LogP contribution in [-0.4, -0.2) is 19.5 Å². The number of nitrogens with zero attached hydrogens (tertiary/aromatic N) is 4. The smallest absolute Gasteiger partial charge is 0.212 e. The third-order valence-electron chi connectivity index (χ3n) is 3.57. The number of rotatable bonds is 1. The summed E-state index contributed by atoms with van der Waals surface area (Å²) in [6.07, 6.45) is 8.66. The molecule has 0 saturated heterocycles.